The van der Waals surface area contributed by atoms with Crippen molar-refractivity contribution in [2.45, 2.75) is 13.8 Å². The fraction of sp³-hybridized carbons (Fsp3) is 0.167. The number of benzene rings is 1. The second-order valence-electron chi connectivity index (χ2n) is 3.61. The molecule has 0 spiro atoms. The lowest BCUT2D eigenvalue weighted by molar-refractivity contribution is 0.102. The average molecular weight is 270 g/mol. The van der Waals surface area contributed by atoms with Crippen molar-refractivity contribution in [3.8, 4) is 10.6 Å². The molecule has 1 heterocycles. The Morgan fingerprint density at radius 3 is 2.71 bits per heavy atom. The number of thiazole rings is 1. The average Bonchev–Trinajstić information content (AvgIpc) is 2.60. The van der Waals surface area contributed by atoms with Crippen LogP contribution in [0.5, 0.6) is 0 Å². The molecule has 0 saturated heterocycles. The number of aryl methyl sites for hydroxylation is 1. The van der Waals surface area contributed by atoms with E-state index in [1.165, 1.54) is 30.4 Å². The summed E-state index contributed by atoms with van der Waals surface area (Å²) in [5, 5.41) is 0.937. The number of ketones is 1. The third-order valence-electron chi connectivity index (χ3n) is 2.28. The number of carbonyl (C=O) groups is 1. The van der Waals surface area contributed by atoms with Gasteiger partial charge >= 0.3 is 0 Å². The fourth-order valence-corrected chi connectivity index (χ4v) is 2.81. The normalized spacial score (nSPS) is 10.6. The second kappa shape index (κ2) is 4.55. The minimum absolute atomic E-state index is 0.0236. The van der Waals surface area contributed by atoms with Crippen molar-refractivity contribution in [1.29, 1.82) is 0 Å². The summed E-state index contributed by atoms with van der Waals surface area (Å²) < 4.78 is 12.9. The number of nitrogens with zero attached hydrogens (tertiary/aromatic N) is 1. The summed E-state index contributed by atoms with van der Waals surface area (Å²) in [7, 11) is 0. The highest BCUT2D eigenvalue weighted by atomic mass is 35.5. The van der Waals surface area contributed by atoms with Gasteiger partial charge in [0.15, 0.2) is 5.78 Å². The lowest BCUT2D eigenvalue weighted by Gasteiger charge is -1.99. The first kappa shape index (κ1) is 12.2. The van der Waals surface area contributed by atoms with Gasteiger partial charge < -0.3 is 0 Å². The van der Waals surface area contributed by atoms with E-state index < -0.39 is 0 Å². The molecule has 0 amide bonds. The van der Waals surface area contributed by atoms with Gasteiger partial charge in [0.1, 0.15) is 10.8 Å². The van der Waals surface area contributed by atoms with Crippen LogP contribution in [0.3, 0.4) is 0 Å². The topological polar surface area (TPSA) is 30.0 Å². The van der Waals surface area contributed by atoms with Crippen molar-refractivity contribution >= 4 is 28.7 Å². The summed E-state index contributed by atoms with van der Waals surface area (Å²) in [5.41, 5.74) is 1.33. The Labute approximate surface area is 107 Å². The van der Waals surface area contributed by atoms with Crippen molar-refractivity contribution in [1.82, 2.24) is 4.98 Å². The van der Waals surface area contributed by atoms with E-state index in [1.807, 2.05) is 0 Å². The summed E-state index contributed by atoms with van der Waals surface area (Å²) in [4.78, 5) is 16.2. The Bertz CT molecular complexity index is 594. The van der Waals surface area contributed by atoms with E-state index in [-0.39, 0.29) is 11.6 Å². The van der Waals surface area contributed by atoms with Crippen LogP contribution in [0.2, 0.25) is 5.02 Å². The molecule has 88 valence electrons. The minimum Gasteiger partial charge on any atom is -0.294 e. The minimum atomic E-state index is -0.390. The van der Waals surface area contributed by atoms with E-state index >= 15 is 0 Å². The van der Waals surface area contributed by atoms with Crippen LogP contribution in [0, 0.1) is 12.7 Å². The summed E-state index contributed by atoms with van der Waals surface area (Å²) in [6, 6.07) is 4.13. The number of Topliss-reactive ketones (excluding diaryl/α,β-unsaturated/α-hetero) is 1. The van der Waals surface area contributed by atoms with Crippen LogP contribution < -0.4 is 0 Å². The molecule has 1 aromatic heterocycles. The van der Waals surface area contributed by atoms with E-state index in [0.717, 1.165) is 0 Å². The zero-order chi connectivity index (χ0) is 12.6. The molecule has 0 aliphatic rings. The molecule has 0 aliphatic carbocycles. The molecule has 2 rings (SSSR count). The first-order valence-corrected chi connectivity index (χ1v) is 6.12. The molecule has 0 N–H and O–H groups in total. The SMILES string of the molecule is CC(=O)c1sc(-c2ccc(F)cc2Cl)nc1C. The van der Waals surface area contributed by atoms with Crippen molar-refractivity contribution in [2.75, 3.05) is 0 Å². The third-order valence-corrected chi connectivity index (χ3v) is 3.88. The van der Waals surface area contributed by atoms with Crippen LogP contribution in [0.1, 0.15) is 22.3 Å². The summed E-state index contributed by atoms with van der Waals surface area (Å²) in [6.07, 6.45) is 0. The van der Waals surface area contributed by atoms with Gasteiger partial charge in [-0.2, -0.15) is 0 Å². The number of halogens is 2. The van der Waals surface area contributed by atoms with E-state index in [9.17, 15) is 9.18 Å². The van der Waals surface area contributed by atoms with Gasteiger partial charge in [-0.3, -0.25) is 4.79 Å². The van der Waals surface area contributed by atoms with Gasteiger partial charge in [0.05, 0.1) is 15.6 Å². The molecule has 0 unspecified atom stereocenters. The Morgan fingerprint density at radius 2 is 2.18 bits per heavy atom. The van der Waals surface area contributed by atoms with Crippen LogP contribution in [0.4, 0.5) is 4.39 Å². The zero-order valence-corrected chi connectivity index (χ0v) is 10.8. The highest BCUT2D eigenvalue weighted by Gasteiger charge is 2.14. The lowest BCUT2D eigenvalue weighted by atomic mass is 10.2. The van der Waals surface area contributed by atoms with Gasteiger partial charge in [0.25, 0.3) is 0 Å². The van der Waals surface area contributed by atoms with Crippen molar-refractivity contribution in [3.05, 3.63) is 39.6 Å². The Morgan fingerprint density at radius 1 is 1.47 bits per heavy atom. The smallest absolute Gasteiger partial charge is 0.171 e. The molecular formula is C12H9ClFNOS. The molecule has 17 heavy (non-hydrogen) atoms. The molecule has 0 atom stereocenters. The van der Waals surface area contributed by atoms with Gasteiger partial charge in [-0.25, -0.2) is 9.37 Å². The number of aromatic nitrogens is 1. The van der Waals surface area contributed by atoms with Crippen LogP contribution in [0.15, 0.2) is 18.2 Å². The van der Waals surface area contributed by atoms with Crippen molar-refractivity contribution < 1.29 is 9.18 Å². The van der Waals surface area contributed by atoms with E-state index in [2.05, 4.69) is 4.98 Å². The maximum absolute atomic E-state index is 12.9. The Hall–Kier alpha value is -1.26. The van der Waals surface area contributed by atoms with E-state index in [4.69, 9.17) is 11.6 Å². The van der Waals surface area contributed by atoms with Gasteiger partial charge in [-0.1, -0.05) is 11.6 Å². The number of rotatable bonds is 2. The maximum Gasteiger partial charge on any atom is 0.171 e. The van der Waals surface area contributed by atoms with Gasteiger partial charge in [0.2, 0.25) is 0 Å². The second-order valence-corrected chi connectivity index (χ2v) is 5.02. The first-order valence-electron chi connectivity index (χ1n) is 4.93. The van der Waals surface area contributed by atoms with Crippen LogP contribution >= 0.6 is 22.9 Å². The molecule has 2 aromatic rings. The number of hydrogen-bond acceptors (Lipinski definition) is 3. The molecular weight excluding hydrogens is 261 g/mol. The molecule has 2 nitrogen and oxygen atoms in total. The molecule has 0 saturated carbocycles. The molecule has 5 heteroatoms. The number of carbonyl (C=O) groups excluding carboxylic acids is 1. The van der Waals surface area contributed by atoms with Crippen molar-refractivity contribution in [2.24, 2.45) is 0 Å². The largest absolute Gasteiger partial charge is 0.294 e. The molecule has 0 bridgehead atoms. The third kappa shape index (κ3) is 2.37. The van der Waals surface area contributed by atoms with Gasteiger partial charge in [0, 0.05) is 12.5 Å². The standard InChI is InChI=1S/C12H9ClFNOS/c1-6-11(7(2)16)17-12(15-6)9-4-3-8(14)5-10(9)13/h3-5H,1-2H3. The van der Waals surface area contributed by atoms with Crippen LogP contribution in [-0.2, 0) is 0 Å². The highest BCUT2D eigenvalue weighted by molar-refractivity contribution is 7.17. The van der Waals surface area contributed by atoms with Crippen LogP contribution in [0.25, 0.3) is 10.6 Å². The molecule has 0 fully saturated rings. The quantitative estimate of drug-likeness (QED) is 0.768. The molecule has 0 radical (unpaired) electrons. The molecule has 0 aliphatic heterocycles. The van der Waals surface area contributed by atoms with Gasteiger partial charge in [-0.05, 0) is 25.1 Å². The van der Waals surface area contributed by atoms with Crippen molar-refractivity contribution in [3.63, 3.8) is 0 Å². The Kier molecular flexibility index (Phi) is 3.26. The van der Waals surface area contributed by atoms with Crippen LogP contribution in [-0.4, -0.2) is 10.8 Å². The van der Waals surface area contributed by atoms with Gasteiger partial charge in [-0.15, -0.1) is 11.3 Å². The Balaban J connectivity index is 2.53. The predicted molar refractivity (Wildman–Crippen MR) is 67.3 cm³/mol. The van der Waals surface area contributed by atoms with E-state index in [0.29, 0.717) is 26.2 Å². The maximum atomic E-state index is 12.9. The highest BCUT2D eigenvalue weighted by Crippen LogP contribution is 2.33. The summed E-state index contributed by atoms with van der Waals surface area (Å²) in [5.74, 6) is -0.414. The van der Waals surface area contributed by atoms with E-state index in [1.54, 1.807) is 13.0 Å². The number of hydrogen-bond donors (Lipinski definition) is 0. The first-order chi connectivity index (χ1) is 7.99. The monoisotopic (exact) mass is 269 g/mol. The predicted octanol–water partition coefficient (Wildman–Crippen LogP) is 4.11. The lowest BCUT2D eigenvalue weighted by Crippen LogP contribution is -1.89. The fourth-order valence-electron chi connectivity index (χ4n) is 1.50. The summed E-state index contributed by atoms with van der Waals surface area (Å²) in [6.45, 7) is 3.27. The molecule has 1 aromatic carbocycles. The zero-order valence-electron chi connectivity index (χ0n) is 9.25. The summed E-state index contributed by atoms with van der Waals surface area (Å²) >= 11 is 7.22.